The zero-order valence-electron chi connectivity index (χ0n) is 11.0. The minimum absolute atomic E-state index is 0.136. The van der Waals surface area contributed by atoms with Gasteiger partial charge in [0.05, 0.1) is 12.1 Å². The maximum Gasteiger partial charge on any atom is 0.0770 e. The van der Waals surface area contributed by atoms with Crippen LogP contribution in [-0.2, 0) is 0 Å². The number of hydrogen-bond acceptors (Lipinski definition) is 3. The Hall–Kier alpha value is -1.06. The first-order chi connectivity index (χ1) is 8.75. The normalized spacial score (nSPS) is 31.6. The van der Waals surface area contributed by atoms with E-state index < -0.39 is 0 Å². The second-order valence-electron chi connectivity index (χ2n) is 5.70. The van der Waals surface area contributed by atoms with Crippen LogP contribution in [0.3, 0.4) is 0 Å². The third kappa shape index (κ3) is 1.82. The molecule has 2 N–H and O–H groups in total. The SMILES string of the molecule is Cc1ccccc1NC1(CO)CCN2CCCC21. The number of aliphatic hydroxyl groups is 1. The van der Waals surface area contributed by atoms with Crippen LogP contribution in [0.5, 0.6) is 0 Å². The lowest BCUT2D eigenvalue weighted by Gasteiger charge is -2.36. The number of hydrogen-bond donors (Lipinski definition) is 2. The van der Waals surface area contributed by atoms with Crippen LogP contribution in [-0.4, -0.2) is 41.3 Å². The second-order valence-corrected chi connectivity index (χ2v) is 5.70. The molecule has 0 radical (unpaired) electrons. The highest BCUT2D eigenvalue weighted by Gasteiger charge is 2.48. The molecule has 0 aliphatic carbocycles. The van der Waals surface area contributed by atoms with E-state index in [1.165, 1.54) is 30.6 Å². The smallest absolute Gasteiger partial charge is 0.0770 e. The summed E-state index contributed by atoms with van der Waals surface area (Å²) in [7, 11) is 0. The zero-order valence-corrected chi connectivity index (χ0v) is 11.0. The highest BCUT2D eigenvalue weighted by atomic mass is 16.3. The van der Waals surface area contributed by atoms with Gasteiger partial charge < -0.3 is 10.4 Å². The summed E-state index contributed by atoms with van der Waals surface area (Å²) in [6.45, 7) is 4.66. The van der Waals surface area contributed by atoms with Gasteiger partial charge in [-0.25, -0.2) is 0 Å². The third-order valence-corrected chi connectivity index (χ3v) is 4.66. The van der Waals surface area contributed by atoms with Crippen LogP contribution in [0, 0.1) is 6.92 Å². The van der Waals surface area contributed by atoms with Crippen molar-refractivity contribution in [2.24, 2.45) is 0 Å². The molecule has 1 aromatic rings. The Bertz CT molecular complexity index is 434. The van der Waals surface area contributed by atoms with Gasteiger partial charge in [-0.2, -0.15) is 0 Å². The molecule has 2 saturated heterocycles. The Kier molecular flexibility index (Phi) is 3.04. The summed E-state index contributed by atoms with van der Waals surface area (Å²) in [5.74, 6) is 0. The molecule has 0 spiro atoms. The number of para-hydroxylation sites is 1. The largest absolute Gasteiger partial charge is 0.394 e. The molecule has 0 bridgehead atoms. The highest BCUT2D eigenvalue weighted by Crippen LogP contribution is 2.38. The molecule has 1 aromatic carbocycles. The average molecular weight is 246 g/mol. The fraction of sp³-hybridized carbons (Fsp3) is 0.600. The molecule has 2 unspecified atom stereocenters. The zero-order chi connectivity index (χ0) is 12.6. The number of rotatable bonds is 3. The van der Waals surface area contributed by atoms with Gasteiger partial charge in [0.15, 0.2) is 0 Å². The number of aryl methyl sites for hydroxylation is 1. The van der Waals surface area contributed by atoms with Crippen LogP contribution in [0.15, 0.2) is 24.3 Å². The van der Waals surface area contributed by atoms with Gasteiger partial charge >= 0.3 is 0 Å². The molecule has 2 atom stereocenters. The minimum Gasteiger partial charge on any atom is -0.394 e. The second kappa shape index (κ2) is 4.56. The van der Waals surface area contributed by atoms with Crippen molar-refractivity contribution in [3.05, 3.63) is 29.8 Å². The Morgan fingerprint density at radius 2 is 2.22 bits per heavy atom. The molecule has 0 saturated carbocycles. The molecule has 0 aromatic heterocycles. The van der Waals surface area contributed by atoms with Crippen molar-refractivity contribution in [2.75, 3.05) is 25.0 Å². The fourth-order valence-corrected chi connectivity index (χ4v) is 3.58. The Morgan fingerprint density at radius 1 is 1.39 bits per heavy atom. The van der Waals surface area contributed by atoms with Crippen LogP contribution in [0.4, 0.5) is 5.69 Å². The molecule has 3 rings (SSSR count). The van der Waals surface area contributed by atoms with Crippen molar-refractivity contribution in [3.8, 4) is 0 Å². The topological polar surface area (TPSA) is 35.5 Å². The van der Waals surface area contributed by atoms with Crippen molar-refractivity contribution in [1.29, 1.82) is 0 Å². The van der Waals surface area contributed by atoms with E-state index in [4.69, 9.17) is 0 Å². The summed E-state index contributed by atoms with van der Waals surface area (Å²) in [6, 6.07) is 8.85. The van der Waals surface area contributed by atoms with Gasteiger partial charge in [-0.1, -0.05) is 18.2 Å². The quantitative estimate of drug-likeness (QED) is 0.856. The molecule has 0 amide bonds. The van der Waals surface area contributed by atoms with E-state index in [0.29, 0.717) is 6.04 Å². The number of anilines is 1. The number of fused-ring (bicyclic) bond motifs is 1. The summed E-state index contributed by atoms with van der Waals surface area (Å²) in [4.78, 5) is 2.53. The summed E-state index contributed by atoms with van der Waals surface area (Å²) in [6.07, 6.45) is 3.52. The number of nitrogens with zero attached hydrogens (tertiary/aromatic N) is 1. The molecule has 3 heteroatoms. The number of aliphatic hydroxyl groups excluding tert-OH is 1. The van der Waals surface area contributed by atoms with E-state index in [1.807, 2.05) is 0 Å². The van der Waals surface area contributed by atoms with Crippen molar-refractivity contribution < 1.29 is 5.11 Å². The van der Waals surface area contributed by atoms with Crippen molar-refractivity contribution in [1.82, 2.24) is 4.90 Å². The van der Waals surface area contributed by atoms with Gasteiger partial charge in [0.25, 0.3) is 0 Å². The van der Waals surface area contributed by atoms with Crippen molar-refractivity contribution in [2.45, 2.75) is 37.8 Å². The highest BCUT2D eigenvalue weighted by molar-refractivity contribution is 5.53. The molecule has 2 aliphatic heterocycles. The fourth-order valence-electron chi connectivity index (χ4n) is 3.58. The van der Waals surface area contributed by atoms with Gasteiger partial charge in [0.2, 0.25) is 0 Å². The van der Waals surface area contributed by atoms with Crippen molar-refractivity contribution in [3.63, 3.8) is 0 Å². The maximum atomic E-state index is 9.93. The Morgan fingerprint density at radius 3 is 3.00 bits per heavy atom. The van der Waals surface area contributed by atoms with E-state index >= 15 is 0 Å². The monoisotopic (exact) mass is 246 g/mol. The van der Waals surface area contributed by atoms with E-state index in [9.17, 15) is 5.11 Å². The van der Waals surface area contributed by atoms with E-state index in [1.54, 1.807) is 0 Å². The lowest BCUT2D eigenvalue weighted by Crippen LogP contribution is -2.51. The Balaban J connectivity index is 1.87. The first kappa shape index (κ1) is 12.0. The molecule has 2 heterocycles. The van der Waals surface area contributed by atoms with Crippen molar-refractivity contribution >= 4 is 5.69 Å². The minimum atomic E-state index is -0.136. The van der Waals surface area contributed by atoms with Crippen LogP contribution in [0.2, 0.25) is 0 Å². The van der Waals surface area contributed by atoms with Crippen LogP contribution in [0.1, 0.15) is 24.8 Å². The summed E-state index contributed by atoms with van der Waals surface area (Å²) >= 11 is 0. The lowest BCUT2D eigenvalue weighted by atomic mass is 9.88. The third-order valence-electron chi connectivity index (χ3n) is 4.66. The molecule has 98 valence electrons. The van der Waals surface area contributed by atoms with Crippen LogP contribution < -0.4 is 5.32 Å². The van der Waals surface area contributed by atoms with Gasteiger partial charge in [-0.05, 0) is 44.4 Å². The summed E-state index contributed by atoms with van der Waals surface area (Å²) < 4.78 is 0. The van der Waals surface area contributed by atoms with Crippen LogP contribution >= 0.6 is 0 Å². The average Bonchev–Trinajstić information content (AvgIpc) is 2.96. The van der Waals surface area contributed by atoms with E-state index in [-0.39, 0.29) is 12.1 Å². The Labute approximate surface area is 109 Å². The summed E-state index contributed by atoms with van der Waals surface area (Å²) in [5.41, 5.74) is 2.28. The standard InChI is InChI=1S/C15H22N2O/c1-12-5-2-3-6-13(12)16-15(11-18)8-10-17-9-4-7-14(15)17/h2-3,5-6,14,16,18H,4,7-11H2,1H3. The predicted octanol–water partition coefficient (Wildman–Crippen LogP) is 2.01. The van der Waals surface area contributed by atoms with Gasteiger partial charge in [0.1, 0.15) is 0 Å². The molecular weight excluding hydrogens is 224 g/mol. The van der Waals surface area contributed by atoms with E-state index in [0.717, 1.165) is 13.0 Å². The number of benzene rings is 1. The lowest BCUT2D eigenvalue weighted by molar-refractivity contribution is 0.175. The first-order valence-electron chi connectivity index (χ1n) is 6.94. The first-order valence-corrected chi connectivity index (χ1v) is 6.94. The van der Waals surface area contributed by atoms with Gasteiger partial charge in [-0.3, -0.25) is 4.90 Å². The molecular formula is C15H22N2O. The molecule has 2 fully saturated rings. The molecule has 18 heavy (non-hydrogen) atoms. The maximum absolute atomic E-state index is 9.93. The summed E-state index contributed by atoms with van der Waals surface area (Å²) in [5, 5.41) is 13.6. The molecule has 2 aliphatic rings. The molecule has 3 nitrogen and oxygen atoms in total. The number of nitrogens with one attached hydrogen (secondary N) is 1. The van der Waals surface area contributed by atoms with Gasteiger partial charge in [0, 0.05) is 18.3 Å². The van der Waals surface area contributed by atoms with Crippen LogP contribution in [0.25, 0.3) is 0 Å². The van der Waals surface area contributed by atoms with Gasteiger partial charge in [-0.15, -0.1) is 0 Å². The van der Waals surface area contributed by atoms with E-state index in [2.05, 4.69) is 41.4 Å². The predicted molar refractivity (Wildman–Crippen MR) is 73.8 cm³/mol.